The van der Waals surface area contributed by atoms with Gasteiger partial charge in [-0.05, 0) is 78.3 Å². The van der Waals surface area contributed by atoms with Gasteiger partial charge in [0.1, 0.15) is 5.75 Å². The van der Waals surface area contributed by atoms with Gasteiger partial charge in [0.2, 0.25) is 5.91 Å². The van der Waals surface area contributed by atoms with Crippen LogP contribution < -0.4 is 15.8 Å². The minimum Gasteiger partial charge on any atom is -0.497 e. The molecule has 3 N–H and O–H groups in total. The highest BCUT2D eigenvalue weighted by atomic mass is 16.5. The molecule has 41 heavy (non-hydrogen) atoms. The number of aliphatic imine (C=N–C) groups is 1. The number of nitrogens with one attached hydrogen (secondary N) is 1. The van der Waals surface area contributed by atoms with Crippen LogP contribution in [0.2, 0.25) is 0 Å². The number of pyridine rings is 1. The van der Waals surface area contributed by atoms with Crippen LogP contribution in [0.4, 0.5) is 0 Å². The van der Waals surface area contributed by atoms with Crippen molar-refractivity contribution in [1.29, 1.82) is 0 Å². The maximum atomic E-state index is 13.8. The molecule has 2 aromatic carbocycles. The summed E-state index contributed by atoms with van der Waals surface area (Å²) in [5, 5.41) is 3.48. The molecule has 2 amide bonds. The van der Waals surface area contributed by atoms with E-state index in [0.717, 1.165) is 46.5 Å². The number of methoxy groups -OCH3 is 1. The lowest BCUT2D eigenvalue weighted by Gasteiger charge is -2.33. The van der Waals surface area contributed by atoms with Crippen LogP contribution in [-0.4, -0.2) is 59.3 Å². The molecule has 0 aliphatic carbocycles. The molecule has 1 unspecified atom stereocenters. The molecule has 3 heterocycles. The van der Waals surface area contributed by atoms with E-state index in [4.69, 9.17) is 15.5 Å². The SMILES string of the molecule is COc1ccc(CNCc2ccccn2)c(-c2cccc(C3(C)N=C(N)N(CC4CCN(C(C)=O)CC4)C3=O)c2)c1. The lowest BCUT2D eigenvalue weighted by Crippen LogP contribution is -2.46. The van der Waals surface area contributed by atoms with E-state index in [-0.39, 0.29) is 23.7 Å². The molecule has 1 saturated heterocycles. The van der Waals surface area contributed by atoms with E-state index in [1.807, 2.05) is 66.4 Å². The maximum Gasteiger partial charge on any atom is 0.261 e. The zero-order valence-electron chi connectivity index (χ0n) is 24.0. The first-order valence-corrected chi connectivity index (χ1v) is 14.1. The molecule has 2 aliphatic heterocycles. The van der Waals surface area contributed by atoms with Crippen LogP contribution in [-0.2, 0) is 28.2 Å². The van der Waals surface area contributed by atoms with Gasteiger partial charge in [-0.1, -0.05) is 30.3 Å². The number of likely N-dealkylation sites (tertiary alicyclic amines) is 1. The topological polar surface area (TPSA) is 113 Å². The molecule has 1 atom stereocenters. The molecule has 9 heteroatoms. The summed E-state index contributed by atoms with van der Waals surface area (Å²) in [5.41, 5.74) is 10.1. The van der Waals surface area contributed by atoms with Crippen LogP contribution in [0, 0.1) is 5.92 Å². The molecule has 0 saturated carbocycles. The number of benzene rings is 2. The Morgan fingerprint density at radius 1 is 1.10 bits per heavy atom. The number of amides is 2. The zero-order chi connectivity index (χ0) is 29.0. The van der Waals surface area contributed by atoms with Crippen LogP contribution in [0.3, 0.4) is 0 Å². The highest BCUT2D eigenvalue weighted by Gasteiger charge is 2.46. The van der Waals surface area contributed by atoms with Crippen LogP contribution in [0.25, 0.3) is 11.1 Å². The first kappa shape index (κ1) is 28.3. The van der Waals surface area contributed by atoms with Gasteiger partial charge in [0.25, 0.3) is 5.91 Å². The number of carbonyl (C=O) groups excluding carboxylic acids is 2. The first-order valence-electron chi connectivity index (χ1n) is 14.1. The average Bonchev–Trinajstić information content (AvgIpc) is 3.21. The fourth-order valence-electron chi connectivity index (χ4n) is 5.68. The second-order valence-electron chi connectivity index (χ2n) is 10.9. The summed E-state index contributed by atoms with van der Waals surface area (Å²) in [6.07, 6.45) is 3.48. The molecule has 0 radical (unpaired) electrons. The summed E-state index contributed by atoms with van der Waals surface area (Å²) in [6.45, 7) is 6.64. The van der Waals surface area contributed by atoms with Gasteiger partial charge >= 0.3 is 0 Å². The Bertz CT molecular complexity index is 1430. The molecule has 0 bridgehead atoms. The van der Waals surface area contributed by atoms with E-state index in [9.17, 15) is 9.59 Å². The number of rotatable bonds is 9. The molecule has 5 rings (SSSR count). The number of hydrogen-bond donors (Lipinski definition) is 2. The maximum absolute atomic E-state index is 13.8. The number of hydrogen-bond acceptors (Lipinski definition) is 7. The second-order valence-corrected chi connectivity index (χ2v) is 10.9. The highest BCUT2D eigenvalue weighted by molar-refractivity contribution is 6.07. The standard InChI is InChI=1S/C32H38N6O3/c1-22(39)37-15-12-23(13-16-37)21-38-30(40)32(2,36-31(38)33)26-8-6-7-24(17-26)29-18-28(41-3)11-10-25(29)19-34-20-27-9-4-5-14-35-27/h4-11,14,17-18,23,34H,12-13,15-16,19-21H2,1-3H3,(H2,33,36). The number of nitrogens with zero attached hydrogens (tertiary/aromatic N) is 4. The van der Waals surface area contributed by atoms with Crippen molar-refractivity contribution in [2.75, 3.05) is 26.7 Å². The van der Waals surface area contributed by atoms with Crippen LogP contribution >= 0.6 is 0 Å². The molecule has 9 nitrogen and oxygen atoms in total. The monoisotopic (exact) mass is 554 g/mol. The third kappa shape index (κ3) is 6.10. The van der Waals surface area contributed by atoms with Crippen molar-refractivity contribution in [2.24, 2.45) is 16.6 Å². The minimum atomic E-state index is -1.11. The molecule has 1 fully saturated rings. The Morgan fingerprint density at radius 3 is 2.61 bits per heavy atom. The van der Waals surface area contributed by atoms with E-state index >= 15 is 0 Å². The zero-order valence-corrected chi connectivity index (χ0v) is 24.0. The van der Waals surface area contributed by atoms with Crippen molar-refractivity contribution in [3.8, 4) is 16.9 Å². The van der Waals surface area contributed by atoms with Crippen molar-refractivity contribution in [1.82, 2.24) is 20.1 Å². The van der Waals surface area contributed by atoms with Gasteiger partial charge in [0.05, 0.1) is 12.8 Å². The van der Waals surface area contributed by atoms with Gasteiger partial charge < -0.3 is 20.7 Å². The summed E-state index contributed by atoms with van der Waals surface area (Å²) in [4.78, 5) is 38.1. The largest absolute Gasteiger partial charge is 0.497 e. The predicted octanol–water partition coefficient (Wildman–Crippen LogP) is 3.68. The third-order valence-corrected chi connectivity index (χ3v) is 8.18. The number of aromatic nitrogens is 1. The minimum absolute atomic E-state index is 0.0948. The van der Waals surface area contributed by atoms with E-state index in [0.29, 0.717) is 32.7 Å². The second kappa shape index (κ2) is 12.1. The fraction of sp³-hybridized carbons (Fsp3) is 0.375. The van der Waals surface area contributed by atoms with Crippen LogP contribution in [0.15, 0.2) is 71.9 Å². The average molecular weight is 555 g/mol. The number of piperidine rings is 1. The normalized spacial score (nSPS) is 19.4. The van der Waals surface area contributed by atoms with Gasteiger partial charge in [0, 0.05) is 45.8 Å². The predicted molar refractivity (Wildman–Crippen MR) is 159 cm³/mol. The molecule has 0 spiro atoms. The number of nitrogens with two attached hydrogens (primary N) is 1. The fourth-order valence-corrected chi connectivity index (χ4v) is 5.68. The first-order chi connectivity index (χ1) is 19.8. The summed E-state index contributed by atoms with van der Waals surface area (Å²) in [6, 6.07) is 19.9. The van der Waals surface area contributed by atoms with Crippen molar-refractivity contribution in [2.45, 2.75) is 45.3 Å². The van der Waals surface area contributed by atoms with Crippen molar-refractivity contribution in [3.63, 3.8) is 0 Å². The smallest absolute Gasteiger partial charge is 0.261 e. The quantitative estimate of drug-likeness (QED) is 0.417. The van der Waals surface area contributed by atoms with E-state index in [2.05, 4.69) is 16.4 Å². The van der Waals surface area contributed by atoms with Gasteiger partial charge in [-0.3, -0.25) is 19.5 Å². The molecule has 1 aromatic heterocycles. The van der Waals surface area contributed by atoms with Gasteiger partial charge in [-0.25, -0.2) is 4.99 Å². The summed E-state index contributed by atoms with van der Waals surface area (Å²) < 4.78 is 5.54. The Labute approximate surface area is 241 Å². The van der Waals surface area contributed by atoms with Gasteiger partial charge in [-0.15, -0.1) is 0 Å². The molecule has 2 aliphatic rings. The van der Waals surface area contributed by atoms with Crippen LogP contribution in [0.5, 0.6) is 5.75 Å². The van der Waals surface area contributed by atoms with E-state index in [1.54, 1.807) is 25.1 Å². The molecular weight excluding hydrogens is 516 g/mol. The summed E-state index contributed by atoms with van der Waals surface area (Å²) in [5.74, 6) is 1.25. The Kier molecular flexibility index (Phi) is 8.35. The number of guanidine groups is 1. The Balaban J connectivity index is 1.35. The van der Waals surface area contributed by atoms with Crippen molar-refractivity contribution >= 4 is 17.8 Å². The number of carbonyl (C=O) groups is 2. The van der Waals surface area contributed by atoms with E-state index < -0.39 is 5.54 Å². The summed E-state index contributed by atoms with van der Waals surface area (Å²) in [7, 11) is 1.66. The van der Waals surface area contributed by atoms with Gasteiger partial charge in [0.15, 0.2) is 11.5 Å². The lowest BCUT2D eigenvalue weighted by atomic mass is 9.88. The lowest BCUT2D eigenvalue weighted by molar-refractivity contribution is -0.133. The molecule has 3 aromatic rings. The van der Waals surface area contributed by atoms with Gasteiger partial charge in [-0.2, -0.15) is 0 Å². The van der Waals surface area contributed by atoms with E-state index in [1.165, 1.54) is 0 Å². The van der Waals surface area contributed by atoms with Crippen molar-refractivity contribution in [3.05, 3.63) is 83.7 Å². The Hall–Kier alpha value is -4.24. The Morgan fingerprint density at radius 2 is 1.90 bits per heavy atom. The van der Waals surface area contributed by atoms with Crippen molar-refractivity contribution < 1.29 is 14.3 Å². The molecule has 214 valence electrons. The summed E-state index contributed by atoms with van der Waals surface area (Å²) >= 11 is 0. The number of ether oxygens (including phenoxy) is 1. The van der Waals surface area contributed by atoms with Crippen LogP contribution in [0.1, 0.15) is 43.5 Å². The highest BCUT2D eigenvalue weighted by Crippen LogP contribution is 2.37. The molecular formula is C32H38N6O3. The third-order valence-electron chi connectivity index (χ3n) is 8.18.